The third-order valence-corrected chi connectivity index (χ3v) is 2.04. The molecule has 88 valence electrons. The molecule has 0 aliphatic carbocycles. The Morgan fingerprint density at radius 1 is 1.44 bits per heavy atom. The number of nitrogens with two attached hydrogens (primary N) is 1. The van der Waals surface area contributed by atoms with Crippen LogP contribution in [-0.2, 0) is 20.8 Å². The minimum Gasteiger partial charge on any atom is -0.469 e. The van der Waals surface area contributed by atoms with Crippen molar-refractivity contribution in [3.05, 3.63) is 12.0 Å². The van der Waals surface area contributed by atoms with Crippen LogP contribution in [0.25, 0.3) is 0 Å². The Labute approximate surface area is 92.1 Å². The number of ether oxygens (including phenoxy) is 2. The molecule has 2 N–H and O–H groups in total. The molecule has 0 radical (unpaired) electrons. The van der Waals surface area contributed by atoms with Gasteiger partial charge in [0, 0.05) is 6.54 Å². The Kier molecular flexibility index (Phi) is 3.87. The topological polar surface area (TPSA) is 96.4 Å². The number of nitrogens with zero attached hydrogens (tertiary/aromatic N) is 2. The van der Waals surface area contributed by atoms with Crippen LogP contribution in [0.5, 0.6) is 0 Å². The lowest BCUT2D eigenvalue weighted by atomic mass is 10.4. The van der Waals surface area contributed by atoms with E-state index in [1.54, 1.807) is 0 Å². The Balaban J connectivity index is 2.72. The van der Waals surface area contributed by atoms with Crippen molar-refractivity contribution in [3.8, 4) is 0 Å². The minimum absolute atomic E-state index is 0.0485. The molecule has 16 heavy (non-hydrogen) atoms. The van der Waals surface area contributed by atoms with Crippen molar-refractivity contribution in [2.75, 3.05) is 20.0 Å². The number of imidazole rings is 1. The lowest BCUT2D eigenvalue weighted by Crippen LogP contribution is -2.11. The predicted octanol–water partition coefficient (Wildman–Crippen LogP) is -0.185. The lowest BCUT2D eigenvalue weighted by molar-refractivity contribution is -0.140. The molecule has 0 aromatic carbocycles. The van der Waals surface area contributed by atoms with Crippen LogP contribution in [-0.4, -0.2) is 35.7 Å². The maximum atomic E-state index is 11.2. The number of rotatable bonds is 4. The van der Waals surface area contributed by atoms with E-state index in [0.29, 0.717) is 6.54 Å². The van der Waals surface area contributed by atoms with Gasteiger partial charge in [0.1, 0.15) is 5.82 Å². The standard InChI is InChI=1S/C9H13N3O4/c1-15-6(13)3-4-12-5-11-7(8(12)10)9(14)16-2/h5H,3-4,10H2,1-2H3. The average molecular weight is 227 g/mol. The van der Waals surface area contributed by atoms with Crippen molar-refractivity contribution in [3.63, 3.8) is 0 Å². The molecule has 1 aromatic heterocycles. The summed E-state index contributed by atoms with van der Waals surface area (Å²) in [6.07, 6.45) is 1.54. The van der Waals surface area contributed by atoms with E-state index in [0.717, 1.165) is 0 Å². The van der Waals surface area contributed by atoms with Crippen molar-refractivity contribution >= 4 is 17.8 Å². The first-order valence-corrected chi connectivity index (χ1v) is 4.56. The lowest BCUT2D eigenvalue weighted by Gasteiger charge is -2.03. The van der Waals surface area contributed by atoms with Crippen LogP contribution in [0.15, 0.2) is 6.33 Å². The van der Waals surface area contributed by atoms with Crippen LogP contribution >= 0.6 is 0 Å². The zero-order chi connectivity index (χ0) is 12.1. The Hall–Kier alpha value is -2.05. The second kappa shape index (κ2) is 5.15. The number of carbonyl (C=O) groups is 2. The monoisotopic (exact) mass is 227 g/mol. The average Bonchev–Trinajstić information content (AvgIpc) is 2.66. The van der Waals surface area contributed by atoms with Gasteiger partial charge in [-0.3, -0.25) is 4.79 Å². The summed E-state index contributed by atoms with van der Waals surface area (Å²) in [6.45, 7) is 0.308. The molecule has 7 nitrogen and oxygen atoms in total. The molecule has 0 bridgehead atoms. The van der Waals surface area contributed by atoms with Gasteiger partial charge >= 0.3 is 11.9 Å². The molecule has 0 saturated carbocycles. The quantitative estimate of drug-likeness (QED) is 0.716. The zero-order valence-corrected chi connectivity index (χ0v) is 9.10. The van der Waals surface area contributed by atoms with Gasteiger partial charge in [0.2, 0.25) is 0 Å². The van der Waals surface area contributed by atoms with E-state index in [2.05, 4.69) is 14.5 Å². The van der Waals surface area contributed by atoms with E-state index in [1.165, 1.54) is 25.1 Å². The predicted molar refractivity (Wildman–Crippen MR) is 54.6 cm³/mol. The fraction of sp³-hybridized carbons (Fsp3) is 0.444. The summed E-state index contributed by atoms with van der Waals surface area (Å²) >= 11 is 0. The molecular formula is C9H13N3O4. The maximum absolute atomic E-state index is 11.2. The molecule has 0 spiro atoms. The second-order valence-electron chi connectivity index (χ2n) is 2.99. The summed E-state index contributed by atoms with van der Waals surface area (Å²) in [6, 6.07) is 0. The van der Waals surface area contributed by atoms with Crippen LogP contribution in [0.2, 0.25) is 0 Å². The molecule has 0 saturated heterocycles. The smallest absolute Gasteiger partial charge is 0.360 e. The van der Waals surface area contributed by atoms with Gasteiger partial charge in [0.25, 0.3) is 0 Å². The third kappa shape index (κ3) is 2.50. The Bertz CT molecular complexity index is 399. The van der Waals surface area contributed by atoms with E-state index in [-0.39, 0.29) is 23.9 Å². The van der Waals surface area contributed by atoms with Gasteiger partial charge < -0.3 is 19.8 Å². The number of esters is 2. The van der Waals surface area contributed by atoms with E-state index < -0.39 is 5.97 Å². The fourth-order valence-electron chi connectivity index (χ4n) is 1.14. The molecule has 1 aromatic rings. The molecule has 0 atom stereocenters. The minimum atomic E-state index is -0.602. The molecule has 0 amide bonds. The summed E-state index contributed by atoms with van der Waals surface area (Å²) in [5, 5.41) is 0. The van der Waals surface area contributed by atoms with Gasteiger partial charge in [0.05, 0.1) is 27.0 Å². The van der Waals surface area contributed by atoms with Crippen molar-refractivity contribution in [1.82, 2.24) is 9.55 Å². The first-order valence-electron chi connectivity index (χ1n) is 4.56. The first kappa shape index (κ1) is 12.0. The van der Waals surface area contributed by atoms with Crippen LogP contribution in [0.3, 0.4) is 0 Å². The summed E-state index contributed by atoms with van der Waals surface area (Å²) in [4.78, 5) is 25.9. The summed E-state index contributed by atoms with van der Waals surface area (Å²) in [5.74, 6) is -0.780. The zero-order valence-electron chi connectivity index (χ0n) is 9.10. The van der Waals surface area contributed by atoms with E-state index in [4.69, 9.17) is 5.73 Å². The van der Waals surface area contributed by atoms with Crippen LogP contribution < -0.4 is 5.73 Å². The van der Waals surface area contributed by atoms with Gasteiger partial charge in [-0.2, -0.15) is 0 Å². The molecule has 0 aliphatic rings. The van der Waals surface area contributed by atoms with Crippen LogP contribution in [0, 0.1) is 0 Å². The normalized spacial score (nSPS) is 9.88. The highest BCUT2D eigenvalue weighted by atomic mass is 16.5. The number of carbonyl (C=O) groups excluding carboxylic acids is 2. The van der Waals surface area contributed by atoms with Gasteiger partial charge in [-0.1, -0.05) is 0 Å². The largest absolute Gasteiger partial charge is 0.469 e. The van der Waals surface area contributed by atoms with Gasteiger partial charge in [-0.05, 0) is 0 Å². The van der Waals surface area contributed by atoms with Gasteiger partial charge in [0.15, 0.2) is 5.69 Å². The van der Waals surface area contributed by atoms with E-state index >= 15 is 0 Å². The fourth-order valence-corrected chi connectivity index (χ4v) is 1.14. The van der Waals surface area contributed by atoms with Gasteiger partial charge in [-0.15, -0.1) is 0 Å². The number of aryl methyl sites for hydroxylation is 1. The third-order valence-electron chi connectivity index (χ3n) is 2.04. The second-order valence-corrected chi connectivity index (χ2v) is 2.99. The van der Waals surface area contributed by atoms with Crippen molar-refractivity contribution in [2.45, 2.75) is 13.0 Å². The van der Waals surface area contributed by atoms with Crippen molar-refractivity contribution in [1.29, 1.82) is 0 Å². The molecule has 0 unspecified atom stereocenters. The number of methoxy groups -OCH3 is 2. The SMILES string of the molecule is COC(=O)CCn1cnc(C(=O)OC)c1N. The highest BCUT2D eigenvalue weighted by Crippen LogP contribution is 2.11. The first-order chi connectivity index (χ1) is 7.60. The Morgan fingerprint density at radius 2 is 2.12 bits per heavy atom. The molecule has 7 heteroatoms. The highest BCUT2D eigenvalue weighted by Gasteiger charge is 2.16. The summed E-state index contributed by atoms with van der Waals surface area (Å²) in [5.41, 5.74) is 5.70. The summed E-state index contributed by atoms with van der Waals surface area (Å²) < 4.78 is 10.5. The molecule has 0 fully saturated rings. The molecule has 1 heterocycles. The highest BCUT2D eigenvalue weighted by molar-refractivity contribution is 5.92. The van der Waals surface area contributed by atoms with Crippen molar-refractivity contribution in [2.24, 2.45) is 0 Å². The molecule has 1 rings (SSSR count). The number of aromatic nitrogens is 2. The molecular weight excluding hydrogens is 214 g/mol. The van der Waals surface area contributed by atoms with E-state index in [9.17, 15) is 9.59 Å². The van der Waals surface area contributed by atoms with Gasteiger partial charge in [-0.25, -0.2) is 9.78 Å². The van der Waals surface area contributed by atoms with Crippen LogP contribution in [0.1, 0.15) is 16.9 Å². The van der Waals surface area contributed by atoms with Crippen molar-refractivity contribution < 1.29 is 19.1 Å². The number of hydrogen-bond acceptors (Lipinski definition) is 6. The van der Waals surface area contributed by atoms with E-state index in [1.807, 2.05) is 0 Å². The number of hydrogen-bond donors (Lipinski definition) is 1. The Morgan fingerprint density at radius 3 is 2.69 bits per heavy atom. The number of nitrogen functional groups attached to an aromatic ring is 1. The summed E-state index contributed by atoms with van der Waals surface area (Å²) in [7, 11) is 2.55. The number of anilines is 1. The maximum Gasteiger partial charge on any atom is 0.360 e. The molecule has 0 aliphatic heterocycles. The van der Waals surface area contributed by atoms with Crippen LogP contribution in [0.4, 0.5) is 5.82 Å².